The van der Waals surface area contributed by atoms with E-state index in [0.717, 1.165) is 17.1 Å². The topological polar surface area (TPSA) is 3.24 Å². The van der Waals surface area contributed by atoms with Crippen LogP contribution in [0.5, 0.6) is 0 Å². The standard InChI is InChI=1S/C52H37N/c1-3-13-38(14-4-1)46-21-12-22-50(37-46)53(49-33-29-42(30-34-49)52-24-10-9-23-51(52)41-16-5-2-6-17-41)48-31-27-40(28-32-48)44-19-11-20-45(35-44)47-26-25-39-15-7-8-18-43(39)36-47/h1-37H. The highest BCUT2D eigenvalue weighted by Gasteiger charge is 2.15. The molecule has 0 fully saturated rings. The summed E-state index contributed by atoms with van der Waals surface area (Å²) in [4.78, 5) is 2.36. The summed E-state index contributed by atoms with van der Waals surface area (Å²) >= 11 is 0. The Morgan fingerprint density at radius 1 is 0.208 bits per heavy atom. The SMILES string of the molecule is c1ccc(-c2cccc(N(c3ccc(-c4cccc(-c5ccc6ccccc6c5)c4)cc3)c3ccc(-c4ccccc4-c4ccccc4)cc3)c2)cc1. The lowest BCUT2D eigenvalue weighted by atomic mass is 9.94. The molecule has 0 aliphatic heterocycles. The maximum absolute atomic E-state index is 2.36. The largest absolute Gasteiger partial charge is 0.310 e. The number of rotatable bonds is 8. The Morgan fingerprint density at radius 2 is 0.623 bits per heavy atom. The molecule has 0 spiro atoms. The summed E-state index contributed by atoms with van der Waals surface area (Å²) in [6.07, 6.45) is 0. The average molecular weight is 676 g/mol. The van der Waals surface area contributed by atoms with Crippen LogP contribution in [0.3, 0.4) is 0 Å². The van der Waals surface area contributed by atoms with Gasteiger partial charge >= 0.3 is 0 Å². The van der Waals surface area contributed by atoms with Crippen molar-refractivity contribution in [3.05, 3.63) is 224 Å². The summed E-state index contributed by atoms with van der Waals surface area (Å²) in [5.41, 5.74) is 15.4. The first kappa shape index (κ1) is 32.0. The first-order chi connectivity index (χ1) is 26.3. The van der Waals surface area contributed by atoms with Crippen molar-refractivity contribution in [1.82, 2.24) is 0 Å². The quantitative estimate of drug-likeness (QED) is 0.155. The van der Waals surface area contributed by atoms with Gasteiger partial charge in [0, 0.05) is 17.1 Å². The van der Waals surface area contributed by atoms with Gasteiger partial charge in [0.05, 0.1) is 0 Å². The molecule has 0 bridgehead atoms. The molecule has 0 aliphatic rings. The lowest BCUT2D eigenvalue weighted by Crippen LogP contribution is -2.10. The Hall–Kier alpha value is -6.96. The molecule has 250 valence electrons. The van der Waals surface area contributed by atoms with Crippen molar-refractivity contribution in [2.75, 3.05) is 4.90 Å². The number of nitrogens with zero attached hydrogens (tertiary/aromatic N) is 1. The van der Waals surface area contributed by atoms with E-state index in [1.807, 2.05) is 0 Å². The van der Waals surface area contributed by atoms with E-state index < -0.39 is 0 Å². The average Bonchev–Trinajstić information content (AvgIpc) is 3.25. The Morgan fingerprint density at radius 3 is 1.28 bits per heavy atom. The highest BCUT2D eigenvalue weighted by atomic mass is 15.1. The van der Waals surface area contributed by atoms with Gasteiger partial charge in [-0.2, -0.15) is 0 Å². The molecule has 9 aromatic rings. The summed E-state index contributed by atoms with van der Waals surface area (Å²) in [6.45, 7) is 0. The molecular weight excluding hydrogens is 639 g/mol. The fourth-order valence-electron chi connectivity index (χ4n) is 7.35. The van der Waals surface area contributed by atoms with Gasteiger partial charge in [-0.15, -0.1) is 0 Å². The predicted octanol–water partition coefficient (Wildman–Crippen LogP) is 14.6. The fraction of sp³-hybridized carbons (Fsp3) is 0. The van der Waals surface area contributed by atoms with Crippen molar-refractivity contribution >= 4 is 27.8 Å². The Balaban J connectivity index is 1.08. The zero-order valence-corrected chi connectivity index (χ0v) is 29.3. The van der Waals surface area contributed by atoms with Gasteiger partial charge in [-0.25, -0.2) is 0 Å². The third kappa shape index (κ3) is 6.65. The second kappa shape index (κ2) is 14.3. The molecule has 9 rings (SSSR count). The first-order valence-corrected chi connectivity index (χ1v) is 18.2. The Kier molecular flexibility index (Phi) is 8.66. The van der Waals surface area contributed by atoms with E-state index >= 15 is 0 Å². The van der Waals surface area contributed by atoms with Gasteiger partial charge in [0.25, 0.3) is 0 Å². The van der Waals surface area contributed by atoms with Crippen LogP contribution in [0.1, 0.15) is 0 Å². The molecular formula is C52H37N. The molecule has 0 unspecified atom stereocenters. The van der Waals surface area contributed by atoms with Crippen LogP contribution < -0.4 is 4.90 Å². The second-order valence-electron chi connectivity index (χ2n) is 13.4. The van der Waals surface area contributed by atoms with Gasteiger partial charge in [-0.1, -0.05) is 176 Å². The number of hydrogen-bond acceptors (Lipinski definition) is 1. The van der Waals surface area contributed by atoms with Crippen LogP contribution in [0.25, 0.3) is 66.4 Å². The molecule has 1 nitrogen and oxygen atoms in total. The summed E-state index contributed by atoms with van der Waals surface area (Å²) in [7, 11) is 0. The summed E-state index contributed by atoms with van der Waals surface area (Å²) in [6, 6.07) is 80.8. The molecule has 0 heterocycles. The Labute approximate surface area is 311 Å². The molecule has 0 aromatic heterocycles. The molecule has 0 saturated heterocycles. The zero-order chi connectivity index (χ0) is 35.4. The monoisotopic (exact) mass is 675 g/mol. The van der Waals surface area contributed by atoms with E-state index in [-0.39, 0.29) is 0 Å². The van der Waals surface area contributed by atoms with Gasteiger partial charge in [0.15, 0.2) is 0 Å². The fourth-order valence-corrected chi connectivity index (χ4v) is 7.35. The van der Waals surface area contributed by atoms with Crippen LogP contribution in [0.2, 0.25) is 0 Å². The van der Waals surface area contributed by atoms with E-state index in [0.29, 0.717) is 0 Å². The van der Waals surface area contributed by atoms with Crippen molar-refractivity contribution in [2.24, 2.45) is 0 Å². The van der Waals surface area contributed by atoms with Gasteiger partial charge < -0.3 is 4.90 Å². The van der Waals surface area contributed by atoms with Crippen molar-refractivity contribution in [2.45, 2.75) is 0 Å². The molecule has 0 atom stereocenters. The highest BCUT2D eigenvalue weighted by Crippen LogP contribution is 2.40. The van der Waals surface area contributed by atoms with Crippen molar-refractivity contribution in [3.63, 3.8) is 0 Å². The van der Waals surface area contributed by atoms with Gasteiger partial charge in [0.1, 0.15) is 0 Å². The molecule has 0 radical (unpaired) electrons. The summed E-state index contributed by atoms with van der Waals surface area (Å²) in [5, 5.41) is 2.51. The summed E-state index contributed by atoms with van der Waals surface area (Å²) in [5.74, 6) is 0. The lowest BCUT2D eigenvalue weighted by molar-refractivity contribution is 1.28. The van der Waals surface area contributed by atoms with E-state index in [1.54, 1.807) is 0 Å². The van der Waals surface area contributed by atoms with Gasteiger partial charge in [-0.05, 0) is 115 Å². The first-order valence-electron chi connectivity index (χ1n) is 18.2. The van der Waals surface area contributed by atoms with Crippen LogP contribution >= 0.6 is 0 Å². The van der Waals surface area contributed by atoms with E-state index in [9.17, 15) is 0 Å². The van der Waals surface area contributed by atoms with Crippen LogP contribution in [0.15, 0.2) is 224 Å². The van der Waals surface area contributed by atoms with Gasteiger partial charge in [-0.3, -0.25) is 0 Å². The normalized spacial score (nSPS) is 11.0. The number of anilines is 3. The zero-order valence-electron chi connectivity index (χ0n) is 29.3. The molecule has 0 N–H and O–H groups in total. The molecule has 1 heteroatoms. The number of hydrogen-bond donors (Lipinski definition) is 0. The van der Waals surface area contributed by atoms with E-state index in [4.69, 9.17) is 0 Å². The smallest absolute Gasteiger partial charge is 0.0467 e. The molecule has 0 saturated carbocycles. The van der Waals surface area contributed by atoms with Crippen molar-refractivity contribution < 1.29 is 0 Å². The molecule has 0 aliphatic carbocycles. The van der Waals surface area contributed by atoms with Crippen LogP contribution in [-0.4, -0.2) is 0 Å². The van der Waals surface area contributed by atoms with Crippen LogP contribution in [0.4, 0.5) is 17.1 Å². The predicted molar refractivity (Wildman–Crippen MR) is 226 cm³/mol. The molecule has 0 amide bonds. The minimum atomic E-state index is 1.10. The van der Waals surface area contributed by atoms with Crippen LogP contribution in [0, 0.1) is 0 Å². The second-order valence-corrected chi connectivity index (χ2v) is 13.4. The van der Waals surface area contributed by atoms with Crippen molar-refractivity contribution in [1.29, 1.82) is 0 Å². The molecule has 9 aromatic carbocycles. The highest BCUT2D eigenvalue weighted by molar-refractivity contribution is 5.89. The lowest BCUT2D eigenvalue weighted by Gasteiger charge is -2.26. The summed E-state index contributed by atoms with van der Waals surface area (Å²) < 4.78 is 0. The minimum absolute atomic E-state index is 1.10. The maximum atomic E-state index is 2.36. The van der Waals surface area contributed by atoms with Gasteiger partial charge in [0.2, 0.25) is 0 Å². The van der Waals surface area contributed by atoms with Crippen molar-refractivity contribution in [3.8, 4) is 55.6 Å². The minimum Gasteiger partial charge on any atom is -0.310 e. The molecule has 53 heavy (non-hydrogen) atoms. The third-order valence-electron chi connectivity index (χ3n) is 10.1. The third-order valence-corrected chi connectivity index (χ3v) is 10.1. The van der Waals surface area contributed by atoms with E-state index in [1.165, 1.54) is 66.4 Å². The number of fused-ring (bicyclic) bond motifs is 1. The van der Waals surface area contributed by atoms with Crippen LogP contribution in [-0.2, 0) is 0 Å². The number of benzene rings is 9. The van der Waals surface area contributed by atoms with E-state index in [2.05, 4.69) is 229 Å². The Bertz CT molecular complexity index is 2640. The maximum Gasteiger partial charge on any atom is 0.0467 e.